The van der Waals surface area contributed by atoms with Crippen LogP contribution in [0.4, 0.5) is 0 Å². The van der Waals surface area contributed by atoms with E-state index in [4.69, 9.17) is 5.11 Å². The minimum atomic E-state index is -0.648. The smallest absolute Gasteiger partial charge is 0.303 e. The quantitative estimate of drug-likeness (QED) is 0.604. The zero-order valence-electron chi connectivity index (χ0n) is 9.81. The molecule has 2 nitrogen and oxygen atoms in total. The first-order valence-corrected chi connectivity index (χ1v) is 5.82. The lowest BCUT2D eigenvalue weighted by molar-refractivity contribution is -0.140. The van der Waals surface area contributed by atoms with Crippen LogP contribution in [0.1, 0.15) is 65.7 Å². The van der Waals surface area contributed by atoms with Gasteiger partial charge in [-0.05, 0) is 24.7 Å². The summed E-state index contributed by atoms with van der Waals surface area (Å²) in [6, 6.07) is 0. The van der Waals surface area contributed by atoms with Crippen LogP contribution in [0.2, 0.25) is 0 Å². The van der Waals surface area contributed by atoms with E-state index < -0.39 is 5.97 Å². The van der Waals surface area contributed by atoms with E-state index in [0.717, 1.165) is 19.3 Å². The number of carbonyl (C=O) groups is 1. The van der Waals surface area contributed by atoms with Gasteiger partial charge in [-0.1, -0.05) is 40.0 Å². The summed E-state index contributed by atoms with van der Waals surface area (Å²) in [4.78, 5) is 10.8. The van der Waals surface area contributed by atoms with Gasteiger partial charge in [0.1, 0.15) is 0 Å². The van der Waals surface area contributed by atoms with Crippen LogP contribution >= 0.6 is 0 Å². The number of aliphatic carboxylic acids is 1. The molecule has 0 saturated carbocycles. The monoisotopic (exact) mass is 200 g/mol. The van der Waals surface area contributed by atoms with Crippen molar-refractivity contribution in [3.05, 3.63) is 0 Å². The highest BCUT2D eigenvalue weighted by molar-refractivity contribution is 5.67. The van der Waals surface area contributed by atoms with Gasteiger partial charge >= 0.3 is 5.97 Å². The van der Waals surface area contributed by atoms with Crippen molar-refractivity contribution in [2.24, 2.45) is 5.41 Å². The summed E-state index contributed by atoms with van der Waals surface area (Å²) < 4.78 is 0. The standard InChI is InChI=1S/C12H24O2/c1-4-7-8-9-12(5-2,6-3)10-11(13)14/h4-10H2,1-3H3,(H,13,14). The van der Waals surface area contributed by atoms with E-state index in [1.165, 1.54) is 19.3 Å². The zero-order valence-corrected chi connectivity index (χ0v) is 9.81. The Morgan fingerprint density at radius 3 is 2.07 bits per heavy atom. The summed E-state index contributed by atoms with van der Waals surface area (Å²) in [5, 5.41) is 8.87. The Kier molecular flexibility index (Phi) is 6.60. The maximum Gasteiger partial charge on any atom is 0.303 e. The van der Waals surface area contributed by atoms with Crippen molar-refractivity contribution < 1.29 is 9.90 Å². The van der Waals surface area contributed by atoms with E-state index in [-0.39, 0.29) is 5.41 Å². The molecule has 84 valence electrons. The molecule has 0 spiro atoms. The second kappa shape index (κ2) is 6.86. The Morgan fingerprint density at radius 1 is 1.14 bits per heavy atom. The van der Waals surface area contributed by atoms with Gasteiger partial charge in [-0.2, -0.15) is 0 Å². The van der Waals surface area contributed by atoms with Gasteiger partial charge in [0.05, 0.1) is 6.42 Å². The molecule has 0 aliphatic carbocycles. The Bertz CT molecular complexity index is 160. The first kappa shape index (κ1) is 13.5. The van der Waals surface area contributed by atoms with Crippen LogP contribution in [0.25, 0.3) is 0 Å². The molecular weight excluding hydrogens is 176 g/mol. The average molecular weight is 200 g/mol. The summed E-state index contributed by atoms with van der Waals surface area (Å²) in [5.41, 5.74) is 0.0566. The molecule has 0 fully saturated rings. The highest BCUT2D eigenvalue weighted by Gasteiger charge is 2.28. The number of hydrogen-bond donors (Lipinski definition) is 1. The van der Waals surface area contributed by atoms with E-state index in [9.17, 15) is 4.79 Å². The summed E-state index contributed by atoms with van der Waals surface area (Å²) in [7, 11) is 0. The largest absolute Gasteiger partial charge is 0.481 e. The highest BCUT2D eigenvalue weighted by Crippen LogP contribution is 2.36. The maximum absolute atomic E-state index is 10.8. The third-order valence-electron chi connectivity index (χ3n) is 3.34. The fraction of sp³-hybridized carbons (Fsp3) is 0.917. The Balaban J connectivity index is 4.14. The van der Waals surface area contributed by atoms with Gasteiger partial charge in [-0.3, -0.25) is 4.79 Å². The predicted octanol–water partition coefficient (Wildman–Crippen LogP) is 3.85. The van der Waals surface area contributed by atoms with Crippen molar-refractivity contribution in [1.82, 2.24) is 0 Å². The van der Waals surface area contributed by atoms with E-state index in [0.29, 0.717) is 6.42 Å². The molecule has 1 N–H and O–H groups in total. The van der Waals surface area contributed by atoms with Crippen molar-refractivity contribution >= 4 is 5.97 Å². The van der Waals surface area contributed by atoms with Crippen molar-refractivity contribution in [2.45, 2.75) is 65.7 Å². The molecule has 0 radical (unpaired) electrons. The SMILES string of the molecule is CCCCCC(CC)(CC)CC(=O)O. The Hall–Kier alpha value is -0.530. The number of carboxylic acid groups (broad SMARTS) is 1. The molecule has 0 aliphatic heterocycles. The normalized spacial score (nSPS) is 11.6. The van der Waals surface area contributed by atoms with Crippen LogP contribution in [-0.4, -0.2) is 11.1 Å². The first-order chi connectivity index (χ1) is 6.60. The number of carboxylic acids is 1. The second-order valence-electron chi connectivity index (χ2n) is 4.23. The maximum atomic E-state index is 10.8. The second-order valence-corrected chi connectivity index (χ2v) is 4.23. The van der Waals surface area contributed by atoms with Crippen LogP contribution in [0.15, 0.2) is 0 Å². The van der Waals surface area contributed by atoms with Gasteiger partial charge in [0, 0.05) is 0 Å². The molecule has 2 heteroatoms. The number of unbranched alkanes of at least 4 members (excludes halogenated alkanes) is 2. The van der Waals surface area contributed by atoms with Crippen molar-refractivity contribution in [3.63, 3.8) is 0 Å². The molecule has 0 saturated heterocycles. The molecule has 14 heavy (non-hydrogen) atoms. The van der Waals surface area contributed by atoms with Gasteiger partial charge in [0.25, 0.3) is 0 Å². The number of rotatable bonds is 8. The number of hydrogen-bond acceptors (Lipinski definition) is 1. The van der Waals surface area contributed by atoms with Crippen molar-refractivity contribution in [1.29, 1.82) is 0 Å². The lowest BCUT2D eigenvalue weighted by Gasteiger charge is -2.30. The molecule has 0 atom stereocenters. The highest BCUT2D eigenvalue weighted by atomic mass is 16.4. The summed E-state index contributed by atoms with van der Waals surface area (Å²) in [6.07, 6.45) is 6.98. The zero-order chi connectivity index (χ0) is 11.0. The van der Waals surface area contributed by atoms with Crippen LogP contribution in [0, 0.1) is 5.41 Å². The minimum absolute atomic E-state index is 0.0566. The molecule has 0 unspecified atom stereocenters. The molecule has 0 heterocycles. The van der Waals surface area contributed by atoms with Crippen LogP contribution in [0.3, 0.4) is 0 Å². The molecule has 0 bridgehead atoms. The van der Waals surface area contributed by atoms with Crippen LogP contribution < -0.4 is 0 Å². The molecular formula is C12H24O2. The van der Waals surface area contributed by atoms with E-state index in [1.807, 2.05) is 0 Å². The topological polar surface area (TPSA) is 37.3 Å². The van der Waals surface area contributed by atoms with Crippen molar-refractivity contribution in [3.8, 4) is 0 Å². The van der Waals surface area contributed by atoms with Gasteiger partial charge in [-0.25, -0.2) is 0 Å². The lowest BCUT2D eigenvalue weighted by Crippen LogP contribution is -2.23. The average Bonchev–Trinajstić information content (AvgIpc) is 2.16. The molecule has 0 rings (SSSR count). The van der Waals surface area contributed by atoms with E-state index >= 15 is 0 Å². The molecule has 0 amide bonds. The Morgan fingerprint density at radius 2 is 1.71 bits per heavy atom. The fourth-order valence-electron chi connectivity index (χ4n) is 2.01. The minimum Gasteiger partial charge on any atom is -0.481 e. The predicted molar refractivity (Wildman–Crippen MR) is 59.4 cm³/mol. The first-order valence-electron chi connectivity index (χ1n) is 5.82. The molecule has 0 aromatic carbocycles. The molecule has 0 aromatic rings. The fourth-order valence-corrected chi connectivity index (χ4v) is 2.01. The van der Waals surface area contributed by atoms with Gasteiger partial charge < -0.3 is 5.11 Å². The van der Waals surface area contributed by atoms with E-state index in [2.05, 4.69) is 20.8 Å². The van der Waals surface area contributed by atoms with Crippen molar-refractivity contribution in [2.75, 3.05) is 0 Å². The summed E-state index contributed by atoms with van der Waals surface area (Å²) >= 11 is 0. The Labute approximate surface area is 87.7 Å². The summed E-state index contributed by atoms with van der Waals surface area (Å²) in [6.45, 7) is 6.40. The van der Waals surface area contributed by atoms with Crippen LogP contribution in [-0.2, 0) is 4.79 Å². The third kappa shape index (κ3) is 4.64. The molecule has 0 aliphatic rings. The van der Waals surface area contributed by atoms with Gasteiger partial charge in [0.15, 0.2) is 0 Å². The van der Waals surface area contributed by atoms with Gasteiger partial charge in [0.2, 0.25) is 0 Å². The van der Waals surface area contributed by atoms with E-state index in [1.54, 1.807) is 0 Å². The van der Waals surface area contributed by atoms with Crippen LogP contribution in [0.5, 0.6) is 0 Å². The third-order valence-corrected chi connectivity index (χ3v) is 3.34. The molecule has 0 aromatic heterocycles. The lowest BCUT2D eigenvalue weighted by atomic mass is 9.75. The summed E-state index contributed by atoms with van der Waals surface area (Å²) in [5.74, 6) is -0.648. The van der Waals surface area contributed by atoms with Gasteiger partial charge in [-0.15, -0.1) is 0 Å².